The van der Waals surface area contributed by atoms with Crippen LogP contribution in [0.3, 0.4) is 0 Å². The Bertz CT molecular complexity index is 817. The number of nitrogen functional groups attached to an aromatic ring is 1. The fourth-order valence-electron chi connectivity index (χ4n) is 2.94. The predicted octanol–water partition coefficient (Wildman–Crippen LogP) is 3.43. The van der Waals surface area contributed by atoms with Crippen LogP contribution < -0.4 is 10.6 Å². The molecule has 4 rings (SSSR count). The van der Waals surface area contributed by atoms with Crippen LogP contribution in [0, 0.1) is 0 Å². The molecule has 7 heteroatoms. The molecule has 1 aliphatic heterocycles. The van der Waals surface area contributed by atoms with Crippen molar-refractivity contribution < 1.29 is 4.74 Å². The number of pyridine rings is 1. The summed E-state index contributed by atoms with van der Waals surface area (Å²) in [5.74, 6) is 0.939. The van der Waals surface area contributed by atoms with Crippen molar-refractivity contribution in [2.45, 2.75) is 27.7 Å². The molecule has 0 unspecified atom stereocenters. The first-order valence-electron chi connectivity index (χ1n) is 9.33. The maximum atomic E-state index is 6.13. The van der Waals surface area contributed by atoms with Crippen LogP contribution in [0.4, 0.5) is 11.5 Å². The lowest BCUT2D eigenvalue weighted by atomic mass is 10.1. The zero-order valence-electron chi connectivity index (χ0n) is 16.4. The Morgan fingerprint density at radius 1 is 1.15 bits per heavy atom. The summed E-state index contributed by atoms with van der Waals surface area (Å²) >= 11 is 0. The lowest BCUT2D eigenvalue weighted by molar-refractivity contribution is 0.122. The fraction of sp³-hybridized carbons (Fsp3) is 0.474. The van der Waals surface area contributed by atoms with Crippen LogP contribution in [0.1, 0.15) is 27.7 Å². The van der Waals surface area contributed by atoms with E-state index >= 15 is 0 Å². The topological polar surface area (TPSA) is 85.0 Å². The Morgan fingerprint density at radius 2 is 1.85 bits per heavy atom. The van der Waals surface area contributed by atoms with E-state index in [0.29, 0.717) is 5.69 Å². The number of rotatable bonds is 2. The van der Waals surface area contributed by atoms with Gasteiger partial charge in [0.25, 0.3) is 0 Å². The molecular weight excluding hydrogens is 328 g/mol. The number of fused-ring (bicyclic) bond motifs is 1. The molecule has 4 heterocycles. The van der Waals surface area contributed by atoms with Crippen molar-refractivity contribution in [3.05, 3.63) is 24.5 Å². The van der Waals surface area contributed by atoms with Crippen molar-refractivity contribution in [2.75, 3.05) is 36.9 Å². The minimum atomic E-state index is 0.701. The highest BCUT2D eigenvalue weighted by Gasteiger charge is 2.18. The molecule has 0 spiro atoms. The lowest BCUT2D eigenvalue weighted by Crippen LogP contribution is -2.36. The Hall–Kier alpha value is -2.54. The number of anilines is 2. The third kappa shape index (κ3) is 3.83. The fourth-order valence-corrected chi connectivity index (χ4v) is 2.94. The van der Waals surface area contributed by atoms with Crippen LogP contribution in [0.15, 0.2) is 24.5 Å². The summed E-state index contributed by atoms with van der Waals surface area (Å²) in [4.78, 5) is 10.1. The maximum Gasteiger partial charge on any atom is 0.142 e. The smallest absolute Gasteiger partial charge is 0.142 e. The molecule has 0 aliphatic carbocycles. The van der Waals surface area contributed by atoms with Gasteiger partial charge in [-0.1, -0.05) is 27.7 Å². The second-order valence-electron chi connectivity index (χ2n) is 5.44. The molecule has 0 saturated carbocycles. The number of aryl methyl sites for hydroxylation is 1. The van der Waals surface area contributed by atoms with Gasteiger partial charge in [0.05, 0.1) is 30.0 Å². The van der Waals surface area contributed by atoms with E-state index in [1.165, 1.54) is 0 Å². The average Bonchev–Trinajstić information content (AvgIpc) is 3.31. The van der Waals surface area contributed by atoms with Crippen molar-refractivity contribution in [1.29, 1.82) is 0 Å². The van der Waals surface area contributed by atoms with Crippen LogP contribution in [-0.4, -0.2) is 46.1 Å². The van der Waals surface area contributed by atoms with Gasteiger partial charge in [0.2, 0.25) is 0 Å². The van der Waals surface area contributed by atoms with Gasteiger partial charge in [-0.25, -0.2) is 4.98 Å². The third-order valence-corrected chi connectivity index (χ3v) is 4.09. The number of nitrogens with one attached hydrogen (secondary N) is 1. The number of hydrogen-bond donors (Lipinski definition) is 2. The standard InChI is InChI=1S/C15H18N6O.2C2H6/c1-20-12(2-3-18-20)10-8-13(21-4-6-22-7-5-21)19-15-14(10)11(16)9-17-15;2*1-2/h2-3,8-9H,4-7,16H2,1H3,(H,17,19);2*1-2H3. The molecule has 3 N–H and O–H groups in total. The van der Waals surface area contributed by atoms with Gasteiger partial charge in [-0.05, 0) is 12.1 Å². The molecule has 7 nitrogen and oxygen atoms in total. The molecule has 0 bridgehead atoms. The maximum absolute atomic E-state index is 6.13. The van der Waals surface area contributed by atoms with E-state index in [9.17, 15) is 0 Å². The minimum Gasteiger partial charge on any atom is -0.397 e. The molecule has 1 aliphatic rings. The summed E-state index contributed by atoms with van der Waals surface area (Å²) in [5.41, 5.74) is 9.70. The van der Waals surface area contributed by atoms with Crippen molar-refractivity contribution in [2.24, 2.45) is 7.05 Å². The van der Waals surface area contributed by atoms with E-state index in [2.05, 4.69) is 21.0 Å². The van der Waals surface area contributed by atoms with Gasteiger partial charge in [-0.3, -0.25) is 4.68 Å². The Kier molecular flexibility index (Phi) is 7.03. The Labute approximate surface area is 155 Å². The quantitative estimate of drug-likeness (QED) is 0.733. The Morgan fingerprint density at radius 3 is 2.46 bits per heavy atom. The van der Waals surface area contributed by atoms with E-state index in [1.807, 2.05) is 45.5 Å². The van der Waals surface area contributed by atoms with Gasteiger partial charge in [0, 0.05) is 38.1 Å². The molecule has 1 fully saturated rings. The predicted molar refractivity (Wildman–Crippen MR) is 108 cm³/mol. The number of hydrogen-bond acceptors (Lipinski definition) is 5. The molecule has 26 heavy (non-hydrogen) atoms. The molecule has 0 atom stereocenters. The normalized spacial score (nSPS) is 13.7. The number of aromatic amines is 1. The third-order valence-electron chi connectivity index (χ3n) is 4.09. The molecule has 3 aromatic rings. The summed E-state index contributed by atoms with van der Waals surface area (Å²) in [6.45, 7) is 11.2. The van der Waals surface area contributed by atoms with Gasteiger partial charge in [-0.15, -0.1) is 0 Å². The second kappa shape index (κ2) is 9.24. The highest BCUT2D eigenvalue weighted by Crippen LogP contribution is 2.34. The summed E-state index contributed by atoms with van der Waals surface area (Å²) in [5, 5.41) is 5.21. The molecule has 142 valence electrons. The van der Waals surface area contributed by atoms with E-state index in [1.54, 1.807) is 12.4 Å². The zero-order valence-corrected chi connectivity index (χ0v) is 16.4. The van der Waals surface area contributed by atoms with Gasteiger partial charge < -0.3 is 20.4 Å². The largest absolute Gasteiger partial charge is 0.397 e. The molecule has 1 saturated heterocycles. The number of nitrogens with two attached hydrogens (primary N) is 1. The molecule has 0 radical (unpaired) electrons. The van der Waals surface area contributed by atoms with Crippen LogP contribution >= 0.6 is 0 Å². The van der Waals surface area contributed by atoms with Gasteiger partial charge in [0.15, 0.2) is 0 Å². The zero-order chi connectivity index (χ0) is 19.1. The van der Waals surface area contributed by atoms with Crippen molar-refractivity contribution in [3.8, 4) is 11.3 Å². The molecular formula is C19H30N6O. The summed E-state index contributed by atoms with van der Waals surface area (Å²) in [6.07, 6.45) is 3.58. The first-order chi connectivity index (χ1) is 12.7. The van der Waals surface area contributed by atoms with Crippen molar-refractivity contribution >= 4 is 22.5 Å². The first kappa shape index (κ1) is 19.8. The van der Waals surface area contributed by atoms with Crippen molar-refractivity contribution in [1.82, 2.24) is 19.7 Å². The lowest BCUT2D eigenvalue weighted by Gasteiger charge is -2.28. The van der Waals surface area contributed by atoms with E-state index in [4.69, 9.17) is 15.5 Å². The highest BCUT2D eigenvalue weighted by atomic mass is 16.5. The number of nitrogens with zero attached hydrogens (tertiary/aromatic N) is 4. The van der Waals surface area contributed by atoms with Gasteiger partial charge in [-0.2, -0.15) is 5.10 Å². The first-order valence-corrected chi connectivity index (χ1v) is 9.33. The summed E-state index contributed by atoms with van der Waals surface area (Å²) < 4.78 is 7.27. The van der Waals surface area contributed by atoms with E-state index < -0.39 is 0 Å². The van der Waals surface area contributed by atoms with Gasteiger partial charge >= 0.3 is 0 Å². The monoisotopic (exact) mass is 358 g/mol. The van der Waals surface area contributed by atoms with E-state index in [0.717, 1.165) is 54.4 Å². The van der Waals surface area contributed by atoms with Crippen LogP contribution in [0.5, 0.6) is 0 Å². The van der Waals surface area contributed by atoms with Gasteiger partial charge in [0.1, 0.15) is 11.5 Å². The Balaban J connectivity index is 0.000000570. The number of morpholine rings is 1. The minimum absolute atomic E-state index is 0.701. The summed E-state index contributed by atoms with van der Waals surface area (Å²) in [6, 6.07) is 4.08. The molecule has 0 amide bonds. The molecule has 0 aromatic carbocycles. The van der Waals surface area contributed by atoms with Crippen LogP contribution in [0.25, 0.3) is 22.3 Å². The summed E-state index contributed by atoms with van der Waals surface area (Å²) in [7, 11) is 1.93. The SMILES string of the molecule is CC.CC.Cn1nccc1-c1cc(N2CCOCC2)nc2[nH]cc(N)c12. The van der Waals surface area contributed by atoms with E-state index in [-0.39, 0.29) is 0 Å². The number of aromatic nitrogens is 4. The second-order valence-corrected chi connectivity index (χ2v) is 5.44. The van der Waals surface area contributed by atoms with Crippen LogP contribution in [-0.2, 0) is 11.8 Å². The van der Waals surface area contributed by atoms with Crippen molar-refractivity contribution in [3.63, 3.8) is 0 Å². The van der Waals surface area contributed by atoms with Crippen LogP contribution in [0.2, 0.25) is 0 Å². The highest BCUT2D eigenvalue weighted by molar-refractivity contribution is 6.02. The average molecular weight is 358 g/mol. The molecule has 3 aromatic heterocycles. The number of H-pyrrole nitrogens is 1. The number of ether oxygens (including phenoxy) is 1.